The first-order valence-electron chi connectivity index (χ1n) is 10.5. The Hall–Kier alpha value is -3.58. The summed E-state index contributed by atoms with van der Waals surface area (Å²) in [6.45, 7) is -0.660. The third kappa shape index (κ3) is 3.76. The van der Waals surface area contributed by atoms with Crippen LogP contribution in [0.5, 0.6) is 0 Å². The van der Waals surface area contributed by atoms with Crippen LogP contribution in [-0.2, 0) is 31.4 Å². The maximum absolute atomic E-state index is 13.7. The molecule has 1 aliphatic rings. The number of nitrogens with one attached hydrogen (secondary N) is 1. The maximum atomic E-state index is 13.7. The Labute approximate surface area is 194 Å². The normalized spacial score (nSPS) is 15.5. The highest BCUT2D eigenvalue weighted by Gasteiger charge is 2.51. The molecule has 1 fully saturated rings. The van der Waals surface area contributed by atoms with Crippen molar-refractivity contribution in [3.05, 3.63) is 75.0 Å². The largest absolute Gasteiger partial charge is 0.332 e. The van der Waals surface area contributed by atoms with Gasteiger partial charge in [-0.15, -0.1) is 0 Å². The van der Waals surface area contributed by atoms with E-state index in [9.17, 15) is 22.7 Å². The van der Waals surface area contributed by atoms with Gasteiger partial charge >= 0.3 is 5.69 Å². The average molecular weight is 488 g/mol. The fourth-order valence-corrected chi connectivity index (χ4v) is 5.03. The van der Waals surface area contributed by atoms with Crippen molar-refractivity contribution in [1.82, 2.24) is 29.1 Å². The van der Waals surface area contributed by atoms with Gasteiger partial charge in [-0.1, -0.05) is 0 Å². The molecule has 0 spiro atoms. The molecule has 1 atom stereocenters. The number of halogens is 1. The van der Waals surface area contributed by atoms with Crippen molar-refractivity contribution in [1.29, 1.82) is 0 Å². The number of alkyl halides is 1. The van der Waals surface area contributed by atoms with Crippen molar-refractivity contribution in [2.24, 2.45) is 7.05 Å². The van der Waals surface area contributed by atoms with Gasteiger partial charge < -0.3 is 0 Å². The van der Waals surface area contributed by atoms with Crippen LogP contribution in [0.1, 0.15) is 24.1 Å². The minimum absolute atomic E-state index is 0.00128. The number of hydrogen-bond donors (Lipinski definition) is 2. The Morgan fingerprint density at radius 2 is 2.03 bits per heavy atom. The third-order valence-corrected chi connectivity index (χ3v) is 7.00. The van der Waals surface area contributed by atoms with Crippen LogP contribution in [0.15, 0.2) is 52.4 Å². The lowest BCUT2D eigenvalue weighted by molar-refractivity contribution is 0.413. The molecule has 0 aliphatic heterocycles. The highest BCUT2D eigenvalue weighted by Crippen LogP contribution is 2.45. The van der Waals surface area contributed by atoms with E-state index in [0.29, 0.717) is 29.6 Å². The Morgan fingerprint density at radius 1 is 1.24 bits per heavy atom. The molecule has 13 heteroatoms. The number of nitrogens with zero attached hydrogens (tertiary/aromatic N) is 6. The molecule has 0 radical (unpaired) electrons. The fraction of sp³-hybridized carbons (Fsp3) is 0.333. The molecule has 2 N–H and O–H groups in total. The Bertz CT molecular complexity index is 1500. The van der Waals surface area contributed by atoms with Crippen LogP contribution in [0.2, 0.25) is 0 Å². The highest BCUT2D eigenvalue weighted by atomic mass is 32.2. The van der Waals surface area contributed by atoms with E-state index in [1.807, 2.05) is 0 Å². The van der Waals surface area contributed by atoms with Crippen molar-refractivity contribution in [2.75, 3.05) is 11.0 Å². The van der Waals surface area contributed by atoms with Gasteiger partial charge in [0.25, 0.3) is 16.8 Å². The summed E-state index contributed by atoms with van der Waals surface area (Å²) < 4.78 is 41.0. The van der Waals surface area contributed by atoms with Crippen LogP contribution >= 0.6 is 0 Å². The van der Waals surface area contributed by atoms with Crippen molar-refractivity contribution in [3.8, 4) is 0 Å². The first-order valence-corrected chi connectivity index (χ1v) is 11.6. The van der Waals surface area contributed by atoms with E-state index in [1.165, 1.54) is 16.7 Å². The maximum Gasteiger partial charge on any atom is 0.332 e. The van der Waals surface area contributed by atoms with Crippen LogP contribution < -0.4 is 15.6 Å². The molecule has 0 amide bonds. The first-order chi connectivity index (χ1) is 16.3. The van der Waals surface area contributed by atoms with Crippen LogP contribution in [0.25, 0.3) is 10.9 Å². The summed E-state index contributed by atoms with van der Waals surface area (Å²) in [6, 6.07) is 6.24. The van der Waals surface area contributed by atoms with Gasteiger partial charge in [0.05, 0.1) is 47.1 Å². The lowest BCUT2D eigenvalue weighted by Gasteiger charge is -2.28. The smallest absolute Gasteiger partial charge is 0.289 e. The van der Waals surface area contributed by atoms with Crippen LogP contribution in [-0.4, -0.2) is 50.1 Å². The van der Waals surface area contributed by atoms with E-state index in [0.717, 1.165) is 8.87 Å². The molecule has 1 aromatic carbocycles. The predicted octanol–water partition coefficient (Wildman–Crippen LogP) is 1.16. The van der Waals surface area contributed by atoms with Gasteiger partial charge in [-0.05, 0) is 37.1 Å². The molecule has 34 heavy (non-hydrogen) atoms. The summed E-state index contributed by atoms with van der Waals surface area (Å²) >= 11 is -2.49. The second kappa shape index (κ2) is 8.33. The summed E-state index contributed by atoms with van der Waals surface area (Å²) in [4.78, 5) is 26.9. The van der Waals surface area contributed by atoms with E-state index in [4.69, 9.17) is 0 Å². The van der Waals surface area contributed by atoms with Gasteiger partial charge in [0.15, 0.2) is 0 Å². The zero-order valence-electron chi connectivity index (χ0n) is 18.2. The molecule has 1 aliphatic carbocycles. The standard InChI is InChI=1S/C21H22FN7O4S/c1-26-10-14(9-24-26)11-28-19(30)17-8-16(29(34(32)33)21(13-22)5-6-21)2-3-18(17)27(20(28)31)12-15-4-7-23-25-15/h2-4,7-10H,5-6,11-13H2,1H3,(H,23,25)(H,32,33). The molecule has 0 bridgehead atoms. The molecule has 4 aromatic rings. The molecular formula is C21H22FN7O4S. The number of hydrogen-bond acceptors (Lipinski definition) is 5. The van der Waals surface area contributed by atoms with Gasteiger partial charge in [0, 0.05) is 25.0 Å². The summed E-state index contributed by atoms with van der Waals surface area (Å²) in [7, 11) is 1.73. The minimum Gasteiger partial charge on any atom is -0.289 e. The zero-order valence-corrected chi connectivity index (χ0v) is 19.0. The Kier molecular flexibility index (Phi) is 5.44. The average Bonchev–Trinajstić information content (AvgIpc) is 3.20. The van der Waals surface area contributed by atoms with Crippen molar-refractivity contribution in [2.45, 2.75) is 31.5 Å². The fourth-order valence-electron chi connectivity index (χ4n) is 4.17. The quantitative estimate of drug-likeness (QED) is 0.359. The van der Waals surface area contributed by atoms with E-state index >= 15 is 0 Å². The molecule has 178 valence electrons. The van der Waals surface area contributed by atoms with Crippen molar-refractivity contribution >= 4 is 27.9 Å². The topological polar surface area (TPSA) is 131 Å². The second-order valence-electron chi connectivity index (χ2n) is 8.45. The molecule has 0 saturated heterocycles. The van der Waals surface area contributed by atoms with Crippen LogP contribution in [0.4, 0.5) is 10.1 Å². The number of aromatic nitrogens is 6. The molecule has 11 nitrogen and oxygen atoms in total. The van der Waals surface area contributed by atoms with E-state index in [1.54, 1.807) is 42.5 Å². The van der Waals surface area contributed by atoms with Crippen molar-refractivity contribution < 1.29 is 13.2 Å². The van der Waals surface area contributed by atoms with Gasteiger partial charge in [-0.2, -0.15) is 10.2 Å². The number of fused-ring (bicyclic) bond motifs is 1. The lowest BCUT2D eigenvalue weighted by Crippen LogP contribution is -2.42. The predicted molar refractivity (Wildman–Crippen MR) is 124 cm³/mol. The molecule has 1 unspecified atom stereocenters. The van der Waals surface area contributed by atoms with E-state index < -0.39 is 34.7 Å². The minimum atomic E-state index is -2.49. The highest BCUT2D eigenvalue weighted by molar-refractivity contribution is 7.80. The summed E-state index contributed by atoms with van der Waals surface area (Å²) in [6.07, 6.45) is 5.70. The van der Waals surface area contributed by atoms with E-state index in [-0.39, 0.29) is 24.2 Å². The summed E-state index contributed by atoms with van der Waals surface area (Å²) in [5, 5.41) is 11.0. The second-order valence-corrected chi connectivity index (χ2v) is 9.28. The lowest BCUT2D eigenvalue weighted by atomic mass is 10.1. The third-order valence-electron chi connectivity index (χ3n) is 6.09. The van der Waals surface area contributed by atoms with Gasteiger partial charge in [0.2, 0.25) is 0 Å². The zero-order chi connectivity index (χ0) is 24.0. The number of aryl methyl sites for hydroxylation is 1. The summed E-state index contributed by atoms with van der Waals surface area (Å²) in [5.74, 6) is 0. The number of aromatic amines is 1. The number of rotatable bonds is 8. The summed E-state index contributed by atoms with van der Waals surface area (Å²) in [5.41, 5.74) is -0.227. The monoisotopic (exact) mass is 487 g/mol. The van der Waals surface area contributed by atoms with Gasteiger partial charge in [-0.3, -0.25) is 32.6 Å². The molecular weight excluding hydrogens is 465 g/mol. The Morgan fingerprint density at radius 3 is 2.62 bits per heavy atom. The molecule has 1 saturated carbocycles. The Balaban J connectivity index is 1.72. The molecule has 5 rings (SSSR count). The first kappa shape index (κ1) is 22.2. The van der Waals surface area contributed by atoms with Crippen molar-refractivity contribution in [3.63, 3.8) is 0 Å². The van der Waals surface area contributed by atoms with E-state index in [2.05, 4.69) is 15.3 Å². The molecule has 3 heterocycles. The van der Waals surface area contributed by atoms with Crippen LogP contribution in [0.3, 0.4) is 0 Å². The number of H-pyrrole nitrogens is 1. The number of anilines is 1. The number of benzene rings is 1. The van der Waals surface area contributed by atoms with Gasteiger partial charge in [-0.25, -0.2) is 13.4 Å². The van der Waals surface area contributed by atoms with Crippen LogP contribution in [0, 0.1) is 0 Å². The molecule has 3 aromatic heterocycles. The van der Waals surface area contributed by atoms with Gasteiger partial charge in [0.1, 0.15) is 6.67 Å². The SMILES string of the molecule is Cn1cc(Cn2c(=O)c3cc(N(S(=O)O)C4(CF)CC4)ccc3n(Cc3ccn[nH]3)c2=O)cn1.